The SMILES string of the molecule is CCCCn1c(N)c(N(CCOC)C(=O)CSc2nc3ccccc3c(=O)n2-c2ccccc2F)c(=O)[nH]c1=O. The number of thioether (sulfide) groups is 1. The van der Waals surface area contributed by atoms with E-state index in [0.717, 1.165) is 27.6 Å². The lowest BCUT2D eigenvalue weighted by Gasteiger charge is -2.24. The van der Waals surface area contributed by atoms with E-state index in [1.807, 2.05) is 6.92 Å². The highest BCUT2D eigenvalue weighted by atomic mass is 32.2. The average Bonchev–Trinajstić information content (AvgIpc) is 2.94. The summed E-state index contributed by atoms with van der Waals surface area (Å²) < 4.78 is 22.3. The Labute approximate surface area is 232 Å². The third-order valence-electron chi connectivity index (χ3n) is 6.20. The molecule has 0 aliphatic rings. The minimum atomic E-state index is -0.809. The number of rotatable bonds is 11. The van der Waals surface area contributed by atoms with Gasteiger partial charge in [0.25, 0.3) is 11.1 Å². The lowest BCUT2D eigenvalue weighted by molar-refractivity contribution is -0.116. The fraction of sp³-hybridized carbons (Fsp3) is 0.296. The van der Waals surface area contributed by atoms with Crippen molar-refractivity contribution in [3.8, 4) is 5.69 Å². The number of nitrogens with zero attached hydrogens (tertiary/aromatic N) is 4. The Morgan fingerprint density at radius 1 is 1.15 bits per heavy atom. The van der Waals surface area contributed by atoms with Crippen LogP contribution in [0.15, 0.2) is 68.1 Å². The number of carbonyl (C=O) groups is 1. The van der Waals surface area contributed by atoms with Crippen LogP contribution in [0.4, 0.5) is 15.9 Å². The van der Waals surface area contributed by atoms with Gasteiger partial charge < -0.3 is 15.4 Å². The highest BCUT2D eigenvalue weighted by Crippen LogP contribution is 2.25. The Balaban J connectivity index is 1.75. The molecule has 0 aliphatic heterocycles. The number of fused-ring (bicyclic) bond motifs is 1. The Kier molecular flexibility index (Phi) is 9.17. The van der Waals surface area contributed by atoms with Gasteiger partial charge in [-0.3, -0.25) is 28.5 Å². The van der Waals surface area contributed by atoms with Crippen LogP contribution in [0.3, 0.4) is 0 Å². The molecule has 0 fully saturated rings. The number of carbonyl (C=O) groups excluding carboxylic acids is 1. The summed E-state index contributed by atoms with van der Waals surface area (Å²) in [5.41, 5.74) is 4.48. The summed E-state index contributed by atoms with van der Waals surface area (Å²) in [5, 5.41) is 0.375. The van der Waals surface area contributed by atoms with E-state index in [-0.39, 0.29) is 53.2 Å². The lowest BCUT2D eigenvalue weighted by Crippen LogP contribution is -2.43. The second-order valence-electron chi connectivity index (χ2n) is 8.83. The predicted molar refractivity (Wildman–Crippen MR) is 153 cm³/mol. The molecule has 13 heteroatoms. The number of aromatic amines is 1. The number of nitrogen functional groups attached to an aromatic ring is 1. The minimum absolute atomic E-state index is 0.0133. The third-order valence-corrected chi connectivity index (χ3v) is 7.13. The molecule has 2 aromatic carbocycles. The van der Waals surface area contributed by atoms with Gasteiger partial charge >= 0.3 is 5.69 Å². The van der Waals surface area contributed by atoms with Crippen molar-refractivity contribution in [1.82, 2.24) is 19.1 Å². The molecule has 2 aromatic heterocycles. The summed E-state index contributed by atoms with van der Waals surface area (Å²) in [4.78, 5) is 60.2. The van der Waals surface area contributed by atoms with E-state index in [4.69, 9.17) is 10.5 Å². The number of nitrogens with two attached hydrogens (primary N) is 1. The number of unbranched alkanes of at least 4 members (excludes halogenated alkanes) is 1. The normalized spacial score (nSPS) is 11.2. The maximum atomic E-state index is 14.8. The third kappa shape index (κ3) is 5.84. The van der Waals surface area contributed by atoms with Gasteiger partial charge in [-0.2, -0.15) is 0 Å². The molecule has 0 radical (unpaired) electrons. The molecule has 2 heterocycles. The first-order valence-corrected chi connectivity index (χ1v) is 13.6. The molecule has 40 heavy (non-hydrogen) atoms. The van der Waals surface area contributed by atoms with Gasteiger partial charge in [-0.05, 0) is 30.7 Å². The van der Waals surface area contributed by atoms with Gasteiger partial charge in [-0.1, -0.05) is 49.4 Å². The first-order chi connectivity index (χ1) is 19.3. The maximum absolute atomic E-state index is 14.8. The van der Waals surface area contributed by atoms with Crippen LogP contribution in [0.2, 0.25) is 0 Å². The van der Waals surface area contributed by atoms with Gasteiger partial charge in [0, 0.05) is 20.2 Å². The average molecular weight is 569 g/mol. The fourth-order valence-electron chi connectivity index (χ4n) is 4.18. The molecule has 4 aromatic rings. The number of aromatic nitrogens is 4. The summed E-state index contributed by atoms with van der Waals surface area (Å²) in [7, 11) is 1.44. The standard InChI is InChI=1S/C27H29FN6O5S/c1-3-4-13-33-23(29)22(24(36)31-26(33)38)32(14-15-39-2)21(35)16-40-27-30-19-11-7-5-9-17(19)25(37)34(27)20-12-8-6-10-18(20)28/h5-12H,3-4,13-16,29H2,1-2H3,(H,31,36,38). The molecular formula is C27H29FN6O5S. The zero-order chi connectivity index (χ0) is 28.8. The molecule has 0 bridgehead atoms. The van der Waals surface area contributed by atoms with Crippen molar-refractivity contribution in [3.63, 3.8) is 0 Å². The van der Waals surface area contributed by atoms with Gasteiger partial charge in [-0.25, -0.2) is 14.2 Å². The first kappa shape index (κ1) is 28.8. The van der Waals surface area contributed by atoms with Gasteiger partial charge in [0.15, 0.2) is 10.8 Å². The zero-order valence-corrected chi connectivity index (χ0v) is 22.9. The molecule has 11 nitrogen and oxygen atoms in total. The fourth-order valence-corrected chi connectivity index (χ4v) is 5.06. The minimum Gasteiger partial charge on any atom is -0.383 e. The number of methoxy groups -OCH3 is 1. The molecule has 0 saturated carbocycles. The largest absolute Gasteiger partial charge is 0.383 e. The smallest absolute Gasteiger partial charge is 0.330 e. The quantitative estimate of drug-likeness (QED) is 0.207. The molecular weight excluding hydrogens is 539 g/mol. The monoisotopic (exact) mass is 568 g/mol. The second kappa shape index (κ2) is 12.7. The van der Waals surface area contributed by atoms with Gasteiger partial charge in [-0.15, -0.1) is 0 Å². The van der Waals surface area contributed by atoms with Crippen molar-refractivity contribution >= 4 is 40.1 Å². The van der Waals surface area contributed by atoms with Crippen molar-refractivity contribution < 1.29 is 13.9 Å². The predicted octanol–water partition coefficient (Wildman–Crippen LogP) is 2.53. The highest BCUT2D eigenvalue weighted by Gasteiger charge is 2.25. The molecule has 210 valence electrons. The van der Waals surface area contributed by atoms with E-state index >= 15 is 0 Å². The number of hydrogen-bond donors (Lipinski definition) is 2. The van der Waals surface area contributed by atoms with Crippen LogP contribution in [0.25, 0.3) is 16.6 Å². The number of hydrogen-bond acceptors (Lipinski definition) is 8. The zero-order valence-electron chi connectivity index (χ0n) is 22.1. The summed E-state index contributed by atoms with van der Waals surface area (Å²) in [6.45, 7) is 2.26. The van der Waals surface area contributed by atoms with Gasteiger partial charge in [0.1, 0.15) is 11.6 Å². The number of anilines is 2. The van der Waals surface area contributed by atoms with E-state index in [2.05, 4.69) is 9.97 Å². The number of nitrogens with one attached hydrogen (secondary N) is 1. The molecule has 1 amide bonds. The van der Waals surface area contributed by atoms with Crippen LogP contribution in [-0.4, -0.2) is 51.0 Å². The van der Waals surface area contributed by atoms with Gasteiger partial charge in [0.2, 0.25) is 5.91 Å². The van der Waals surface area contributed by atoms with Crippen LogP contribution in [0.1, 0.15) is 19.8 Å². The summed E-state index contributed by atoms with van der Waals surface area (Å²) in [5.74, 6) is -1.60. The molecule has 4 rings (SSSR count). The number of H-pyrrole nitrogens is 1. The molecule has 0 saturated heterocycles. The molecule has 0 spiro atoms. The van der Waals surface area contributed by atoms with Crippen molar-refractivity contribution in [1.29, 1.82) is 0 Å². The Morgan fingerprint density at radius 2 is 1.88 bits per heavy atom. The molecule has 0 aliphatic carbocycles. The number of amides is 1. The van der Waals surface area contributed by atoms with Crippen LogP contribution in [-0.2, 0) is 16.1 Å². The van der Waals surface area contributed by atoms with Crippen molar-refractivity contribution in [3.05, 3.63) is 85.5 Å². The molecule has 0 atom stereocenters. The van der Waals surface area contributed by atoms with E-state index in [0.29, 0.717) is 11.9 Å². The number of para-hydroxylation sites is 2. The van der Waals surface area contributed by atoms with Crippen molar-refractivity contribution in [2.75, 3.05) is 36.6 Å². The van der Waals surface area contributed by atoms with E-state index in [9.17, 15) is 23.6 Å². The lowest BCUT2D eigenvalue weighted by atomic mass is 10.2. The van der Waals surface area contributed by atoms with E-state index in [1.165, 1.54) is 29.9 Å². The number of halogens is 1. The Morgan fingerprint density at radius 3 is 2.60 bits per heavy atom. The molecule has 0 unspecified atom stereocenters. The molecule has 3 N–H and O–H groups in total. The van der Waals surface area contributed by atoms with Crippen LogP contribution < -0.4 is 27.4 Å². The number of ether oxygens (including phenoxy) is 1. The summed E-state index contributed by atoms with van der Waals surface area (Å²) >= 11 is 0.909. The Bertz CT molecular complexity index is 1720. The summed E-state index contributed by atoms with van der Waals surface area (Å²) in [6, 6.07) is 12.4. The van der Waals surface area contributed by atoms with Crippen LogP contribution >= 0.6 is 11.8 Å². The van der Waals surface area contributed by atoms with Crippen molar-refractivity contribution in [2.45, 2.75) is 31.5 Å². The maximum Gasteiger partial charge on any atom is 0.330 e. The first-order valence-electron chi connectivity index (χ1n) is 12.6. The van der Waals surface area contributed by atoms with Gasteiger partial charge in [0.05, 0.1) is 29.0 Å². The van der Waals surface area contributed by atoms with E-state index in [1.54, 1.807) is 30.3 Å². The summed E-state index contributed by atoms with van der Waals surface area (Å²) in [6.07, 6.45) is 1.42. The highest BCUT2D eigenvalue weighted by molar-refractivity contribution is 7.99. The van der Waals surface area contributed by atoms with E-state index < -0.39 is 28.5 Å². The Hall–Kier alpha value is -4.23. The van der Waals surface area contributed by atoms with Crippen LogP contribution in [0.5, 0.6) is 0 Å². The van der Waals surface area contributed by atoms with Crippen LogP contribution in [0, 0.1) is 5.82 Å². The topological polar surface area (TPSA) is 145 Å². The number of benzene rings is 2. The van der Waals surface area contributed by atoms with Crippen molar-refractivity contribution in [2.24, 2.45) is 0 Å². The second-order valence-corrected chi connectivity index (χ2v) is 9.77.